The SMILES string of the molecule is O=C(O)C(CO)C1CCCNCC1. The Bertz CT molecular complexity index is 164. The molecule has 4 heteroatoms. The van der Waals surface area contributed by atoms with E-state index < -0.39 is 11.9 Å². The highest BCUT2D eigenvalue weighted by molar-refractivity contribution is 5.70. The Kier molecular flexibility index (Phi) is 4.18. The molecule has 1 heterocycles. The summed E-state index contributed by atoms with van der Waals surface area (Å²) in [6.07, 6.45) is 2.77. The number of hydrogen-bond donors (Lipinski definition) is 3. The molecule has 1 aliphatic rings. The van der Waals surface area contributed by atoms with Gasteiger partial charge in [-0.2, -0.15) is 0 Å². The molecular weight excluding hydrogens is 170 g/mol. The maximum atomic E-state index is 10.8. The van der Waals surface area contributed by atoms with Crippen molar-refractivity contribution < 1.29 is 15.0 Å². The molecule has 76 valence electrons. The number of aliphatic hydroxyl groups is 1. The van der Waals surface area contributed by atoms with Crippen LogP contribution in [0.15, 0.2) is 0 Å². The van der Waals surface area contributed by atoms with Gasteiger partial charge in [-0.3, -0.25) is 4.79 Å². The number of hydrogen-bond acceptors (Lipinski definition) is 3. The van der Waals surface area contributed by atoms with E-state index in [1.807, 2.05) is 0 Å². The van der Waals surface area contributed by atoms with E-state index in [-0.39, 0.29) is 12.5 Å². The molecule has 0 radical (unpaired) electrons. The van der Waals surface area contributed by atoms with Gasteiger partial charge >= 0.3 is 5.97 Å². The largest absolute Gasteiger partial charge is 0.481 e. The van der Waals surface area contributed by atoms with Crippen LogP contribution in [0.25, 0.3) is 0 Å². The topological polar surface area (TPSA) is 69.6 Å². The van der Waals surface area contributed by atoms with Crippen LogP contribution < -0.4 is 5.32 Å². The van der Waals surface area contributed by atoms with E-state index in [0.717, 1.165) is 32.4 Å². The average Bonchev–Trinajstić information content (AvgIpc) is 2.33. The number of carboxylic acid groups (broad SMARTS) is 1. The second-order valence-electron chi connectivity index (χ2n) is 3.57. The van der Waals surface area contributed by atoms with Crippen LogP contribution >= 0.6 is 0 Å². The molecule has 1 aliphatic heterocycles. The summed E-state index contributed by atoms with van der Waals surface area (Å²) in [6, 6.07) is 0. The van der Waals surface area contributed by atoms with Crippen LogP contribution in [-0.2, 0) is 4.79 Å². The predicted octanol–water partition coefficient (Wildman–Crippen LogP) is 0.0692. The molecule has 0 aromatic heterocycles. The minimum atomic E-state index is -0.866. The lowest BCUT2D eigenvalue weighted by atomic mass is 9.87. The zero-order chi connectivity index (χ0) is 9.68. The van der Waals surface area contributed by atoms with Gasteiger partial charge in [-0.15, -0.1) is 0 Å². The Labute approximate surface area is 78.0 Å². The molecule has 1 saturated heterocycles. The minimum absolute atomic E-state index is 0.137. The summed E-state index contributed by atoms with van der Waals surface area (Å²) in [6.45, 7) is 1.60. The van der Waals surface area contributed by atoms with Crippen LogP contribution in [0, 0.1) is 11.8 Å². The number of carboxylic acids is 1. The van der Waals surface area contributed by atoms with Gasteiger partial charge < -0.3 is 15.5 Å². The van der Waals surface area contributed by atoms with Gasteiger partial charge in [-0.1, -0.05) is 0 Å². The average molecular weight is 187 g/mol. The van der Waals surface area contributed by atoms with E-state index in [1.54, 1.807) is 0 Å². The Hall–Kier alpha value is -0.610. The molecule has 1 fully saturated rings. The Balaban J connectivity index is 2.50. The highest BCUT2D eigenvalue weighted by Crippen LogP contribution is 2.22. The van der Waals surface area contributed by atoms with Crippen LogP contribution in [0.2, 0.25) is 0 Å². The number of carbonyl (C=O) groups is 1. The fourth-order valence-corrected chi connectivity index (χ4v) is 1.88. The first-order valence-electron chi connectivity index (χ1n) is 4.80. The van der Waals surface area contributed by atoms with Gasteiger partial charge in [-0.25, -0.2) is 0 Å². The summed E-state index contributed by atoms with van der Waals surface area (Å²) >= 11 is 0. The van der Waals surface area contributed by atoms with Crippen molar-refractivity contribution in [1.29, 1.82) is 0 Å². The summed E-state index contributed by atoms with van der Waals surface area (Å²) in [4.78, 5) is 10.8. The number of rotatable bonds is 3. The maximum absolute atomic E-state index is 10.8. The normalized spacial score (nSPS) is 26.4. The van der Waals surface area contributed by atoms with Gasteiger partial charge in [0, 0.05) is 0 Å². The molecule has 0 bridgehead atoms. The van der Waals surface area contributed by atoms with Gasteiger partial charge in [0.05, 0.1) is 12.5 Å². The van der Waals surface area contributed by atoms with E-state index in [0.29, 0.717) is 0 Å². The Morgan fingerprint density at radius 1 is 1.46 bits per heavy atom. The molecule has 4 nitrogen and oxygen atoms in total. The maximum Gasteiger partial charge on any atom is 0.309 e. The fourth-order valence-electron chi connectivity index (χ4n) is 1.88. The van der Waals surface area contributed by atoms with E-state index >= 15 is 0 Å². The van der Waals surface area contributed by atoms with Crippen molar-refractivity contribution >= 4 is 5.97 Å². The monoisotopic (exact) mass is 187 g/mol. The van der Waals surface area contributed by atoms with E-state index in [1.165, 1.54) is 0 Å². The van der Waals surface area contributed by atoms with E-state index in [2.05, 4.69) is 5.32 Å². The van der Waals surface area contributed by atoms with Crippen molar-refractivity contribution in [2.45, 2.75) is 19.3 Å². The first-order valence-corrected chi connectivity index (χ1v) is 4.80. The predicted molar refractivity (Wildman–Crippen MR) is 48.4 cm³/mol. The highest BCUT2D eigenvalue weighted by Gasteiger charge is 2.27. The molecule has 0 aromatic rings. The standard InChI is InChI=1S/C9H17NO3/c11-6-8(9(12)13)7-2-1-4-10-5-3-7/h7-8,10-11H,1-6H2,(H,12,13). The lowest BCUT2D eigenvalue weighted by Crippen LogP contribution is -2.27. The first-order chi connectivity index (χ1) is 6.25. The van der Waals surface area contributed by atoms with Crippen LogP contribution in [0.5, 0.6) is 0 Å². The van der Waals surface area contributed by atoms with E-state index in [9.17, 15) is 4.79 Å². The zero-order valence-corrected chi connectivity index (χ0v) is 7.70. The van der Waals surface area contributed by atoms with Crippen LogP contribution in [-0.4, -0.2) is 35.9 Å². The molecule has 2 atom stereocenters. The van der Waals surface area contributed by atoms with Crippen LogP contribution in [0.1, 0.15) is 19.3 Å². The number of aliphatic carboxylic acids is 1. The van der Waals surface area contributed by atoms with Crippen molar-refractivity contribution in [1.82, 2.24) is 5.32 Å². The summed E-state index contributed by atoms with van der Waals surface area (Å²) in [5.41, 5.74) is 0. The second-order valence-corrected chi connectivity index (χ2v) is 3.57. The third kappa shape index (κ3) is 2.97. The van der Waals surface area contributed by atoms with Gasteiger partial charge in [0.15, 0.2) is 0 Å². The van der Waals surface area contributed by atoms with Crippen molar-refractivity contribution in [2.24, 2.45) is 11.8 Å². The number of aliphatic hydroxyl groups excluding tert-OH is 1. The third-order valence-electron chi connectivity index (χ3n) is 2.70. The van der Waals surface area contributed by atoms with E-state index in [4.69, 9.17) is 10.2 Å². The zero-order valence-electron chi connectivity index (χ0n) is 7.70. The van der Waals surface area contributed by atoms with Crippen molar-refractivity contribution in [3.05, 3.63) is 0 Å². The lowest BCUT2D eigenvalue weighted by Gasteiger charge is -2.19. The van der Waals surface area contributed by atoms with Crippen molar-refractivity contribution in [3.63, 3.8) is 0 Å². The van der Waals surface area contributed by atoms with Crippen molar-refractivity contribution in [2.75, 3.05) is 19.7 Å². The molecule has 0 amide bonds. The summed E-state index contributed by atoms with van der Waals surface area (Å²) in [5.74, 6) is -1.30. The summed E-state index contributed by atoms with van der Waals surface area (Å²) in [7, 11) is 0. The molecule has 0 saturated carbocycles. The van der Waals surface area contributed by atoms with Crippen LogP contribution in [0.4, 0.5) is 0 Å². The van der Waals surface area contributed by atoms with Gasteiger partial charge in [0.1, 0.15) is 0 Å². The molecule has 3 N–H and O–H groups in total. The lowest BCUT2D eigenvalue weighted by molar-refractivity contribution is -0.145. The van der Waals surface area contributed by atoms with Gasteiger partial charge in [0.25, 0.3) is 0 Å². The van der Waals surface area contributed by atoms with Crippen molar-refractivity contribution in [3.8, 4) is 0 Å². The fraction of sp³-hybridized carbons (Fsp3) is 0.889. The van der Waals surface area contributed by atoms with Gasteiger partial charge in [-0.05, 0) is 38.3 Å². The summed E-state index contributed by atoms with van der Waals surface area (Å²) in [5, 5.41) is 21.0. The Morgan fingerprint density at radius 3 is 2.85 bits per heavy atom. The smallest absolute Gasteiger partial charge is 0.309 e. The molecule has 0 aliphatic carbocycles. The molecule has 0 aromatic carbocycles. The molecule has 13 heavy (non-hydrogen) atoms. The summed E-state index contributed by atoms with van der Waals surface area (Å²) < 4.78 is 0. The molecule has 2 unspecified atom stereocenters. The Morgan fingerprint density at radius 2 is 2.23 bits per heavy atom. The second kappa shape index (κ2) is 5.19. The molecule has 1 rings (SSSR count). The molecular formula is C9H17NO3. The quantitative estimate of drug-likeness (QED) is 0.584. The van der Waals surface area contributed by atoms with Gasteiger partial charge in [0.2, 0.25) is 0 Å². The number of nitrogens with one attached hydrogen (secondary N) is 1. The molecule has 0 spiro atoms. The third-order valence-corrected chi connectivity index (χ3v) is 2.70. The van der Waals surface area contributed by atoms with Crippen LogP contribution in [0.3, 0.4) is 0 Å². The minimum Gasteiger partial charge on any atom is -0.481 e. The first kappa shape index (κ1) is 10.5. The highest BCUT2D eigenvalue weighted by atomic mass is 16.4.